The van der Waals surface area contributed by atoms with E-state index in [9.17, 15) is 10.1 Å². The van der Waals surface area contributed by atoms with E-state index in [1.807, 2.05) is 12.1 Å². The summed E-state index contributed by atoms with van der Waals surface area (Å²) in [5.74, 6) is 0. The third-order valence-corrected chi connectivity index (χ3v) is 4.37. The predicted molar refractivity (Wildman–Crippen MR) is 47.5 cm³/mol. The zero-order valence-corrected chi connectivity index (χ0v) is 8.39. The van der Waals surface area contributed by atoms with Crippen molar-refractivity contribution in [2.24, 2.45) is 0 Å². The molecule has 0 amide bonds. The third kappa shape index (κ3) is 1.13. The molecule has 0 saturated heterocycles. The van der Waals surface area contributed by atoms with Crippen molar-refractivity contribution in [1.82, 2.24) is 0 Å². The summed E-state index contributed by atoms with van der Waals surface area (Å²) in [5.41, 5.74) is 0.292. The van der Waals surface area contributed by atoms with Gasteiger partial charge in [-0.15, -0.1) is 0 Å². The molecule has 1 heterocycles. The van der Waals surface area contributed by atoms with Gasteiger partial charge in [0.1, 0.15) is 0 Å². The van der Waals surface area contributed by atoms with Crippen LogP contribution in [-0.2, 0) is 0 Å². The molecule has 60 valence electrons. The second kappa shape index (κ2) is 2.89. The summed E-state index contributed by atoms with van der Waals surface area (Å²) in [5, 5.41) is 11.6. The van der Waals surface area contributed by atoms with Crippen molar-refractivity contribution in [2.75, 3.05) is 0 Å². The van der Waals surface area contributed by atoms with E-state index in [1.54, 1.807) is 12.1 Å². The van der Waals surface area contributed by atoms with Crippen molar-refractivity contribution < 1.29 is 4.92 Å². The molecule has 12 heavy (non-hydrogen) atoms. The summed E-state index contributed by atoms with van der Waals surface area (Å²) in [4.78, 5) is 10.3. The molecule has 2 rings (SSSR count). The van der Waals surface area contributed by atoms with E-state index >= 15 is 0 Å². The normalized spacial score (nSPS) is 10.3. The van der Waals surface area contributed by atoms with Gasteiger partial charge in [0.2, 0.25) is 0 Å². The SMILES string of the molecule is O=[N+]([O-])c1cccc2cc[te]c12. The summed E-state index contributed by atoms with van der Waals surface area (Å²) in [6.45, 7) is 0. The topological polar surface area (TPSA) is 43.1 Å². The molecule has 0 saturated carbocycles. The predicted octanol–water partition coefficient (Wildman–Crippen LogP) is 1.80. The molecule has 0 radical (unpaired) electrons. The second-order valence-electron chi connectivity index (χ2n) is 2.37. The number of hydrogen-bond acceptors (Lipinski definition) is 2. The van der Waals surface area contributed by atoms with Crippen molar-refractivity contribution in [3.8, 4) is 0 Å². The van der Waals surface area contributed by atoms with Gasteiger partial charge in [-0.1, -0.05) is 0 Å². The number of rotatable bonds is 1. The van der Waals surface area contributed by atoms with Gasteiger partial charge in [0.05, 0.1) is 0 Å². The molecule has 0 atom stereocenters. The van der Waals surface area contributed by atoms with Gasteiger partial charge in [-0.2, -0.15) is 0 Å². The fourth-order valence-corrected chi connectivity index (χ4v) is 3.65. The average molecular weight is 275 g/mol. The Labute approximate surface area is 78.4 Å². The van der Waals surface area contributed by atoms with Gasteiger partial charge in [0, 0.05) is 0 Å². The maximum absolute atomic E-state index is 10.6. The first kappa shape index (κ1) is 7.78. The van der Waals surface area contributed by atoms with Crippen LogP contribution in [0.15, 0.2) is 28.3 Å². The van der Waals surface area contributed by atoms with Gasteiger partial charge in [-0.25, -0.2) is 0 Å². The van der Waals surface area contributed by atoms with Crippen LogP contribution in [0, 0.1) is 10.1 Å². The molecule has 1 aromatic heterocycles. The van der Waals surface area contributed by atoms with Crippen molar-refractivity contribution in [2.45, 2.75) is 0 Å². The Morgan fingerprint density at radius 2 is 2.17 bits per heavy atom. The Morgan fingerprint density at radius 1 is 1.33 bits per heavy atom. The molecular formula is C8H5NO2Te. The van der Waals surface area contributed by atoms with Gasteiger partial charge < -0.3 is 0 Å². The summed E-state index contributed by atoms with van der Waals surface area (Å²) in [6.07, 6.45) is 0. The van der Waals surface area contributed by atoms with Gasteiger partial charge in [0.25, 0.3) is 0 Å². The number of nitro groups is 1. The molecule has 0 aliphatic carbocycles. The molecule has 0 unspecified atom stereocenters. The van der Waals surface area contributed by atoms with Crippen molar-refractivity contribution in [3.05, 3.63) is 38.5 Å². The maximum atomic E-state index is 10.6. The average Bonchev–Trinajstić information content (AvgIpc) is 2.49. The zero-order valence-electron chi connectivity index (χ0n) is 6.06. The van der Waals surface area contributed by atoms with Crippen LogP contribution in [0.4, 0.5) is 5.69 Å². The van der Waals surface area contributed by atoms with Crippen LogP contribution in [0.3, 0.4) is 0 Å². The van der Waals surface area contributed by atoms with Gasteiger partial charge in [0.15, 0.2) is 0 Å². The van der Waals surface area contributed by atoms with Crippen LogP contribution < -0.4 is 0 Å². The molecule has 0 aliphatic rings. The first-order chi connectivity index (χ1) is 5.79. The Balaban J connectivity index is 2.82. The number of hydrogen-bond donors (Lipinski definition) is 0. The quantitative estimate of drug-likeness (QED) is 0.452. The number of nitro benzene ring substituents is 1. The third-order valence-electron chi connectivity index (χ3n) is 1.65. The number of benzene rings is 1. The second-order valence-corrected chi connectivity index (χ2v) is 4.99. The number of fused-ring (bicyclic) bond motifs is 1. The monoisotopic (exact) mass is 277 g/mol. The van der Waals surface area contributed by atoms with Crippen LogP contribution >= 0.6 is 0 Å². The minimum atomic E-state index is -0.426. The Morgan fingerprint density at radius 3 is 2.92 bits per heavy atom. The number of non-ortho nitro benzene ring substituents is 1. The van der Waals surface area contributed by atoms with Crippen LogP contribution in [0.1, 0.15) is 0 Å². The first-order valence-electron chi connectivity index (χ1n) is 3.39. The van der Waals surface area contributed by atoms with E-state index < -0.39 is 20.4 Å². The summed E-state index contributed by atoms with van der Waals surface area (Å²) < 4.78 is 3.04. The van der Waals surface area contributed by atoms with E-state index in [-0.39, 0.29) is 4.92 Å². The molecule has 0 fully saturated rings. The molecule has 2 aromatic rings. The van der Waals surface area contributed by atoms with Crippen molar-refractivity contribution >= 4 is 34.9 Å². The minimum absolute atomic E-state index is 0.292. The van der Waals surface area contributed by atoms with Gasteiger partial charge in [-0.3, -0.25) is 0 Å². The van der Waals surface area contributed by atoms with E-state index in [0.29, 0.717) is 5.69 Å². The molecular weight excluding hydrogens is 270 g/mol. The first-order valence-corrected chi connectivity index (χ1v) is 5.91. The Kier molecular flexibility index (Phi) is 1.87. The molecule has 4 heteroatoms. The van der Waals surface area contributed by atoms with Crippen LogP contribution in [0.2, 0.25) is 0 Å². The summed E-state index contributed by atoms with van der Waals surface area (Å²) in [7, 11) is 0. The molecule has 1 aromatic carbocycles. The fourth-order valence-electron chi connectivity index (χ4n) is 1.12. The molecule has 0 spiro atoms. The van der Waals surface area contributed by atoms with Crippen molar-refractivity contribution in [1.29, 1.82) is 0 Å². The van der Waals surface area contributed by atoms with E-state index in [4.69, 9.17) is 0 Å². The molecule has 3 nitrogen and oxygen atoms in total. The summed E-state index contributed by atoms with van der Waals surface area (Å²) in [6, 6.07) is 7.22. The van der Waals surface area contributed by atoms with Gasteiger partial charge >= 0.3 is 78.3 Å². The molecule has 0 aliphatic heterocycles. The fraction of sp³-hybridized carbons (Fsp3) is 0. The Bertz CT molecular complexity index is 435. The van der Waals surface area contributed by atoms with Gasteiger partial charge in [-0.05, 0) is 0 Å². The van der Waals surface area contributed by atoms with E-state index in [0.717, 1.165) is 8.79 Å². The zero-order chi connectivity index (χ0) is 8.55. The van der Waals surface area contributed by atoms with Crippen LogP contribution in [-0.4, -0.2) is 25.4 Å². The molecule has 0 N–H and O–H groups in total. The standard InChI is InChI=1S/C8H5NO2Te/c10-9(11)7-3-1-2-6-4-5-12-8(6)7/h1-5H. The number of nitrogens with zero attached hydrogens (tertiary/aromatic N) is 1. The van der Waals surface area contributed by atoms with E-state index in [2.05, 4.69) is 4.08 Å². The molecule has 0 bridgehead atoms. The Hall–Kier alpha value is -0.850. The summed E-state index contributed by atoms with van der Waals surface area (Å²) >= 11 is -0.426. The van der Waals surface area contributed by atoms with Crippen molar-refractivity contribution in [3.63, 3.8) is 0 Å². The van der Waals surface area contributed by atoms with E-state index in [1.165, 1.54) is 0 Å². The van der Waals surface area contributed by atoms with Crippen LogP contribution in [0.5, 0.6) is 0 Å². The van der Waals surface area contributed by atoms with Crippen LogP contribution in [0.25, 0.3) is 8.79 Å².